The maximum atomic E-state index is 13.3. The maximum absolute atomic E-state index is 13.3. The van der Waals surface area contributed by atoms with Gasteiger partial charge in [-0.1, -0.05) is 23.7 Å². The van der Waals surface area contributed by atoms with Crippen molar-refractivity contribution in [1.82, 2.24) is 15.1 Å². The van der Waals surface area contributed by atoms with Crippen molar-refractivity contribution in [3.05, 3.63) is 64.7 Å². The fourth-order valence-corrected chi connectivity index (χ4v) is 3.98. The summed E-state index contributed by atoms with van der Waals surface area (Å²) in [6.45, 7) is 0.538. The van der Waals surface area contributed by atoms with Crippen LogP contribution in [0.15, 0.2) is 42.5 Å². The molecule has 2 heterocycles. The van der Waals surface area contributed by atoms with Gasteiger partial charge >= 0.3 is 12.1 Å². The lowest BCUT2D eigenvalue weighted by molar-refractivity contribution is -0.133. The van der Waals surface area contributed by atoms with E-state index in [-0.39, 0.29) is 43.4 Å². The average molecular weight is 449 g/mol. The molecular formula is C21H19ClF2N4O3. The second kappa shape index (κ2) is 8.14. The predicted molar refractivity (Wildman–Crippen MR) is 109 cm³/mol. The van der Waals surface area contributed by atoms with E-state index in [9.17, 15) is 23.2 Å². The first kappa shape index (κ1) is 21.0. The molecule has 2 aliphatic rings. The second-order valence-electron chi connectivity index (χ2n) is 7.58. The third kappa shape index (κ3) is 4.18. The molecule has 0 radical (unpaired) electrons. The molecule has 0 aliphatic carbocycles. The van der Waals surface area contributed by atoms with E-state index in [4.69, 9.17) is 11.6 Å². The monoisotopic (exact) mass is 448 g/mol. The first-order valence-corrected chi connectivity index (χ1v) is 10.0. The number of imide groups is 1. The van der Waals surface area contributed by atoms with Gasteiger partial charge in [-0.2, -0.15) is 0 Å². The Morgan fingerprint density at radius 3 is 2.42 bits per heavy atom. The SMILES string of the molecule is O=C(Nc1ccc(F)c(Cl)c1)N1CCC2(CC1)NC(=O)N(Cc1ccc(F)cc1)C2=O. The number of benzene rings is 2. The molecule has 162 valence electrons. The van der Waals surface area contributed by atoms with Crippen molar-refractivity contribution in [2.24, 2.45) is 0 Å². The topological polar surface area (TPSA) is 81.8 Å². The zero-order chi connectivity index (χ0) is 22.2. The number of carbonyl (C=O) groups is 3. The Balaban J connectivity index is 1.38. The second-order valence-corrected chi connectivity index (χ2v) is 7.98. The van der Waals surface area contributed by atoms with Crippen LogP contribution < -0.4 is 10.6 Å². The van der Waals surface area contributed by atoms with Gasteiger partial charge in [0.05, 0.1) is 11.6 Å². The first-order chi connectivity index (χ1) is 14.8. The minimum atomic E-state index is -1.06. The van der Waals surface area contributed by atoms with Gasteiger partial charge in [0.15, 0.2) is 0 Å². The Kier molecular flexibility index (Phi) is 5.53. The van der Waals surface area contributed by atoms with E-state index in [0.717, 1.165) is 11.0 Å². The summed E-state index contributed by atoms with van der Waals surface area (Å²) in [4.78, 5) is 40.6. The molecule has 0 aromatic heterocycles. The van der Waals surface area contributed by atoms with E-state index < -0.39 is 29.2 Å². The lowest BCUT2D eigenvalue weighted by Crippen LogP contribution is -2.56. The number of halogens is 3. The Morgan fingerprint density at radius 1 is 1.10 bits per heavy atom. The number of anilines is 1. The Labute approximate surface area is 181 Å². The minimum absolute atomic E-state index is 0.0439. The number of nitrogens with zero attached hydrogens (tertiary/aromatic N) is 2. The number of hydrogen-bond donors (Lipinski definition) is 2. The summed E-state index contributed by atoms with van der Waals surface area (Å²) in [7, 11) is 0. The van der Waals surface area contributed by atoms with Crippen LogP contribution in [-0.2, 0) is 11.3 Å². The molecule has 0 saturated carbocycles. The molecule has 2 aromatic carbocycles. The molecule has 4 rings (SSSR count). The van der Waals surface area contributed by atoms with Crippen LogP contribution in [0.25, 0.3) is 0 Å². The molecule has 10 heteroatoms. The Bertz CT molecular complexity index is 1040. The van der Waals surface area contributed by atoms with Crippen molar-refractivity contribution in [2.45, 2.75) is 24.9 Å². The maximum Gasteiger partial charge on any atom is 0.325 e. The van der Waals surface area contributed by atoms with Gasteiger partial charge in [-0.05, 0) is 48.7 Å². The van der Waals surface area contributed by atoms with Crippen molar-refractivity contribution >= 4 is 35.3 Å². The number of rotatable bonds is 3. The van der Waals surface area contributed by atoms with Gasteiger partial charge in [0.25, 0.3) is 5.91 Å². The van der Waals surface area contributed by atoms with E-state index >= 15 is 0 Å². The van der Waals surface area contributed by atoms with Crippen molar-refractivity contribution < 1.29 is 23.2 Å². The first-order valence-electron chi connectivity index (χ1n) is 9.67. The highest BCUT2D eigenvalue weighted by Crippen LogP contribution is 2.31. The van der Waals surface area contributed by atoms with Gasteiger partial charge in [-0.25, -0.2) is 18.4 Å². The molecule has 2 N–H and O–H groups in total. The quantitative estimate of drug-likeness (QED) is 0.702. The largest absolute Gasteiger partial charge is 0.325 e. The Morgan fingerprint density at radius 2 is 1.77 bits per heavy atom. The summed E-state index contributed by atoms with van der Waals surface area (Å²) < 4.78 is 26.4. The van der Waals surface area contributed by atoms with Crippen LogP contribution in [0.2, 0.25) is 5.02 Å². The molecule has 5 amide bonds. The molecule has 7 nitrogen and oxygen atoms in total. The summed E-state index contributed by atoms with van der Waals surface area (Å²) in [5.41, 5.74) is -0.0725. The highest BCUT2D eigenvalue weighted by Gasteiger charge is 2.52. The summed E-state index contributed by atoms with van der Waals surface area (Å²) in [6.07, 6.45) is 0.518. The molecule has 2 aliphatic heterocycles. The molecule has 0 unspecified atom stereocenters. The fraction of sp³-hybridized carbons (Fsp3) is 0.286. The van der Waals surface area contributed by atoms with Crippen LogP contribution >= 0.6 is 11.6 Å². The number of hydrogen-bond acceptors (Lipinski definition) is 3. The molecule has 2 fully saturated rings. The van der Waals surface area contributed by atoms with Crippen molar-refractivity contribution in [1.29, 1.82) is 0 Å². The smallest absolute Gasteiger partial charge is 0.324 e. The van der Waals surface area contributed by atoms with Crippen LogP contribution in [-0.4, -0.2) is 46.4 Å². The number of nitrogens with one attached hydrogen (secondary N) is 2. The van der Waals surface area contributed by atoms with E-state index in [1.54, 1.807) is 0 Å². The molecule has 2 aromatic rings. The van der Waals surface area contributed by atoms with E-state index in [1.807, 2.05) is 0 Å². The van der Waals surface area contributed by atoms with Crippen molar-refractivity contribution in [3.8, 4) is 0 Å². The van der Waals surface area contributed by atoms with E-state index in [0.29, 0.717) is 11.3 Å². The number of piperidine rings is 1. The highest BCUT2D eigenvalue weighted by molar-refractivity contribution is 6.31. The van der Waals surface area contributed by atoms with Crippen LogP contribution in [0, 0.1) is 11.6 Å². The molecule has 0 bridgehead atoms. The number of amides is 5. The lowest BCUT2D eigenvalue weighted by atomic mass is 9.87. The number of likely N-dealkylation sites (tertiary alicyclic amines) is 1. The number of carbonyl (C=O) groups excluding carboxylic acids is 3. The zero-order valence-corrected chi connectivity index (χ0v) is 17.1. The van der Waals surface area contributed by atoms with Gasteiger partial charge < -0.3 is 15.5 Å². The third-order valence-electron chi connectivity index (χ3n) is 5.57. The summed E-state index contributed by atoms with van der Waals surface area (Å²) >= 11 is 5.73. The van der Waals surface area contributed by atoms with Gasteiger partial charge in [0, 0.05) is 18.8 Å². The molecular weight excluding hydrogens is 430 g/mol. The van der Waals surface area contributed by atoms with Crippen LogP contribution in [0.3, 0.4) is 0 Å². The average Bonchev–Trinajstić information content (AvgIpc) is 2.97. The summed E-state index contributed by atoms with van der Waals surface area (Å²) in [6, 6.07) is 8.55. The van der Waals surface area contributed by atoms with Gasteiger partial charge in [-0.3, -0.25) is 9.69 Å². The summed E-state index contributed by atoms with van der Waals surface area (Å²) in [5.74, 6) is -1.33. The molecule has 1 spiro atoms. The zero-order valence-electron chi connectivity index (χ0n) is 16.3. The van der Waals surface area contributed by atoms with Crippen LogP contribution in [0.1, 0.15) is 18.4 Å². The summed E-state index contributed by atoms with van der Waals surface area (Å²) in [5, 5.41) is 5.32. The fourth-order valence-electron chi connectivity index (χ4n) is 3.80. The minimum Gasteiger partial charge on any atom is -0.324 e. The lowest BCUT2D eigenvalue weighted by Gasteiger charge is -2.37. The Hall–Kier alpha value is -3.20. The van der Waals surface area contributed by atoms with Crippen molar-refractivity contribution in [2.75, 3.05) is 18.4 Å². The third-order valence-corrected chi connectivity index (χ3v) is 5.86. The normalized spacial score (nSPS) is 17.8. The standard InChI is InChI=1S/C21H19ClF2N4O3/c22-16-11-15(5-6-17(16)24)25-19(30)27-9-7-21(8-10-27)18(29)28(20(31)26-21)12-13-1-3-14(23)4-2-13/h1-6,11H,7-10,12H2,(H,25,30)(H,26,31). The molecule has 31 heavy (non-hydrogen) atoms. The highest BCUT2D eigenvalue weighted by atomic mass is 35.5. The van der Waals surface area contributed by atoms with Gasteiger partial charge in [0.2, 0.25) is 0 Å². The molecule has 0 atom stereocenters. The van der Waals surface area contributed by atoms with Crippen LogP contribution in [0.5, 0.6) is 0 Å². The van der Waals surface area contributed by atoms with E-state index in [2.05, 4.69) is 10.6 Å². The van der Waals surface area contributed by atoms with Gasteiger partial charge in [0.1, 0.15) is 17.2 Å². The van der Waals surface area contributed by atoms with Crippen LogP contribution in [0.4, 0.5) is 24.1 Å². The molecule has 2 saturated heterocycles. The van der Waals surface area contributed by atoms with Crippen molar-refractivity contribution in [3.63, 3.8) is 0 Å². The van der Waals surface area contributed by atoms with Gasteiger partial charge in [-0.15, -0.1) is 0 Å². The van der Waals surface area contributed by atoms with E-state index in [1.165, 1.54) is 41.3 Å². The predicted octanol–water partition coefficient (Wildman–Crippen LogP) is 3.74. The number of urea groups is 2.